The fourth-order valence-electron chi connectivity index (χ4n) is 5.34. The normalized spacial score (nSPS) is 37.4. The summed E-state index contributed by atoms with van der Waals surface area (Å²) in [5.74, 6) is -3.03. The molecule has 4 saturated heterocycles. The Hall–Kier alpha value is -1.63. The summed E-state index contributed by atoms with van der Waals surface area (Å²) in [5, 5.41) is 0. The molecule has 4 bridgehead atoms. The molecule has 0 saturated carbocycles. The van der Waals surface area contributed by atoms with Gasteiger partial charge in [0, 0.05) is 24.2 Å². The molecule has 0 amide bonds. The minimum absolute atomic E-state index is 0.178. The number of halogens is 3. The number of dihydropyridines is 1. The fourth-order valence-corrected chi connectivity index (χ4v) is 5.34. The van der Waals surface area contributed by atoms with Crippen LogP contribution in [0.15, 0.2) is 33.3 Å². The standard InChI is InChI=1S/C20H24F3N3O/c1-10-17(21)19(26-12-6-14-8-13(26)9-15(7-12)27-14)18-16(24-10)5-11(25-18)3-4-20(2,22)23/h5,12-15,18H,3-4,6-9H2,1-2H3. The van der Waals surface area contributed by atoms with E-state index in [1.807, 2.05) is 0 Å². The van der Waals surface area contributed by atoms with Gasteiger partial charge >= 0.3 is 0 Å². The van der Waals surface area contributed by atoms with Gasteiger partial charge in [-0.2, -0.15) is 0 Å². The number of hydrogen-bond acceptors (Lipinski definition) is 4. The van der Waals surface area contributed by atoms with Gasteiger partial charge in [0.05, 0.1) is 29.3 Å². The van der Waals surface area contributed by atoms with Gasteiger partial charge in [0.2, 0.25) is 5.92 Å². The summed E-state index contributed by atoms with van der Waals surface area (Å²) < 4.78 is 47.7. The first-order valence-corrected chi connectivity index (χ1v) is 9.84. The van der Waals surface area contributed by atoms with Crippen LogP contribution in [-0.2, 0) is 4.74 Å². The van der Waals surface area contributed by atoms with Gasteiger partial charge in [-0.15, -0.1) is 0 Å². The Kier molecular flexibility index (Phi) is 3.84. The van der Waals surface area contributed by atoms with E-state index in [-0.39, 0.29) is 43.0 Å². The predicted octanol–water partition coefficient (Wildman–Crippen LogP) is 4.18. The molecule has 0 aromatic rings. The van der Waals surface area contributed by atoms with Crippen molar-refractivity contribution in [3.05, 3.63) is 23.3 Å². The van der Waals surface area contributed by atoms with Crippen molar-refractivity contribution in [2.75, 3.05) is 0 Å². The maximum absolute atomic E-state index is 15.2. The molecule has 6 aliphatic rings. The molecule has 0 aliphatic carbocycles. The Bertz CT molecular complexity index is 765. The largest absolute Gasteiger partial charge is 0.375 e. The van der Waals surface area contributed by atoms with E-state index in [1.165, 1.54) is 0 Å². The highest BCUT2D eigenvalue weighted by Crippen LogP contribution is 2.47. The number of ether oxygens (including phenoxy) is 1. The summed E-state index contributed by atoms with van der Waals surface area (Å²) in [5.41, 5.74) is 2.23. The number of hydrogen-bond donors (Lipinski definition) is 0. The van der Waals surface area contributed by atoms with Crippen LogP contribution in [0.4, 0.5) is 13.2 Å². The summed E-state index contributed by atoms with van der Waals surface area (Å²) in [6.45, 7) is 2.59. The van der Waals surface area contributed by atoms with Gasteiger partial charge in [0.15, 0.2) is 5.83 Å². The van der Waals surface area contributed by atoms with E-state index in [0.717, 1.165) is 32.6 Å². The predicted molar refractivity (Wildman–Crippen MR) is 96.9 cm³/mol. The van der Waals surface area contributed by atoms with Gasteiger partial charge in [0.25, 0.3) is 0 Å². The highest BCUT2D eigenvalue weighted by atomic mass is 19.3. The SMILES string of the molecule is CC1=NC2=CC(CCC(C)(F)F)=NC2C(N2C3CC4CC2CC(C3)O4)=C1F. The lowest BCUT2D eigenvalue weighted by Gasteiger charge is -2.58. The van der Waals surface area contributed by atoms with E-state index < -0.39 is 12.0 Å². The first-order chi connectivity index (χ1) is 12.8. The first kappa shape index (κ1) is 17.5. The van der Waals surface area contributed by atoms with Crippen molar-refractivity contribution in [1.82, 2.24) is 4.90 Å². The molecule has 6 aliphatic heterocycles. The van der Waals surface area contributed by atoms with E-state index in [0.29, 0.717) is 22.8 Å². The number of nitrogens with zero attached hydrogens (tertiary/aromatic N) is 3. The molecule has 1 atom stereocenters. The Morgan fingerprint density at radius 3 is 2.41 bits per heavy atom. The third kappa shape index (κ3) is 2.94. The minimum atomic E-state index is -2.73. The molecule has 0 spiro atoms. The summed E-state index contributed by atoms with van der Waals surface area (Å²) in [7, 11) is 0. The molecule has 146 valence electrons. The molecular formula is C20H24F3N3O. The third-order valence-corrected chi connectivity index (χ3v) is 6.40. The zero-order valence-corrected chi connectivity index (χ0v) is 15.6. The van der Waals surface area contributed by atoms with Crippen LogP contribution in [0.25, 0.3) is 0 Å². The molecule has 0 N–H and O–H groups in total. The molecular weight excluding hydrogens is 355 g/mol. The van der Waals surface area contributed by atoms with Crippen LogP contribution in [0.1, 0.15) is 52.4 Å². The number of piperidine rings is 2. The van der Waals surface area contributed by atoms with Crippen LogP contribution < -0.4 is 0 Å². The summed E-state index contributed by atoms with van der Waals surface area (Å²) in [6.07, 6.45) is 5.95. The molecule has 4 fully saturated rings. The number of fused-ring (bicyclic) bond motifs is 1. The van der Waals surface area contributed by atoms with E-state index in [4.69, 9.17) is 4.74 Å². The van der Waals surface area contributed by atoms with Gasteiger partial charge in [-0.3, -0.25) is 9.98 Å². The molecule has 0 aromatic heterocycles. The van der Waals surface area contributed by atoms with Crippen molar-refractivity contribution in [3.8, 4) is 0 Å². The van der Waals surface area contributed by atoms with Gasteiger partial charge in [-0.25, -0.2) is 13.2 Å². The maximum Gasteiger partial charge on any atom is 0.245 e. The topological polar surface area (TPSA) is 37.2 Å². The number of allylic oxidation sites excluding steroid dienone is 2. The van der Waals surface area contributed by atoms with Crippen LogP contribution in [0, 0.1) is 0 Å². The zero-order chi connectivity index (χ0) is 18.9. The van der Waals surface area contributed by atoms with Crippen molar-refractivity contribution < 1.29 is 17.9 Å². The first-order valence-electron chi connectivity index (χ1n) is 9.84. The Labute approximate surface area is 156 Å². The zero-order valence-electron chi connectivity index (χ0n) is 15.6. The van der Waals surface area contributed by atoms with Gasteiger partial charge < -0.3 is 9.64 Å². The number of alkyl halides is 2. The summed E-state index contributed by atoms with van der Waals surface area (Å²) in [6, 6.07) is 0.0503. The van der Waals surface area contributed by atoms with Crippen LogP contribution in [-0.4, -0.2) is 52.6 Å². The van der Waals surface area contributed by atoms with E-state index >= 15 is 4.39 Å². The molecule has 27 heavy (non-hydrogen) atoms. The Morgan fingerprint density at radius 1 is 1.19 bits per heavy atom. The average molecular weight is 379 g/mol. The van der Waals surface area contributed by atoms with Crippen molar-refractivity contribution in [1.29, 1.82) is 0 Å². The molecule has 0 aromatic carbocycles. The quantitative estimate of drug-likeness (QED) is 0.735. The van der Waals surface area contributed by atoms with E-state index in [2.05, 4.69) is 14.9 Å². The van der Waals surface area contributed by atoms with Crippen LogP contribution in [0.2, 0.25) is 0 Å². The average Bonchev–Trinajstić information content (AvgIpc) is 2.97. The van der Waals surface area contributed by atoms with Crippen molar-refractivity contribution in [3.63, 3.8) is 0 Å². The molecule has 7 heteroatoms. The highest BCUT2D eigenvalue weighted by molar-refractivity contribution is 6.03. The monoisotopic (exact) mass is 379 g/mol. The smallest absolute Gasteiger partial charge is 0.245 e. The lowest BCUT2D eigenvalue weighted by atomic mass is 9.77. The van der Waals surface area contributed by atoms with E-state index in [1.54, 1.807) is 13.0 Å². The molecule has 6 heterocycles. The minimum Gasteiger partial charge on any atom is -0.375 e. The summed E-state index contributed by atoms with van der Waals surface area (Å²) >= 11 is 0. The second-order valence-electron chi connectivity index (χ2n) is 8.60. The molecule has 0 radical (unpaired) electrons. The molecule has 1 unspecified atom stereocenters. The number of aliphatic imine (C=N–C) groups is 2. The lowest BCUT2D eigenvalue weighted by Crippen LogP contribution is -2.62. The number of rotatable bonds is 4. The second kappa shape index (κ2) is 5.93. The van der Waals surface area contributed by atoms with Crippen molar-refractivity contribution in [2.45, 2.75) is 88.6 Å². The molecule has 4 nitrogen and oxygen atoms in total. The van der Waals surface area contributed by atoms with Gasteiger partial charge in [-0.05, 0) is 52.0 Å². The van der Waals surface area contributed by atoms with Crippen molar-refractivity contribution in [2.24, 2.45) is 9.98 Å². The third-order valence-electron chi connectivity index (χ3n) is 6.40. The van der Waals surface area contributed by atoms with Crippen LogP contribution in [0.3, 0.4) is 0 Å². The second-order valence-corrected chi connectivity index (χ2v) is 8.60. The van der Waals surface area contributed by atoms with Gasteiger partial charge in [0.1, 0.15) is 6.04 Å². The maximum atomic E-state index is 15.2. The van der Waals surface area contributed by atoms with Gasteiger partial charge in [-0.1, -0.05) is 0 Å². The highest BCUT2D eigenvalue weighted by Gasteiger charge is 2.51. The van der Waals surface area contributed by atoms with Crippen LogP contribution >= 0.6 is 0 Å². The van der Waals surface area contributed by atoms with Crippen LogP contribution in [0.5, 0.6) is 0 Å². The summed E-state index contributed by atoms with van der Waals surface area (Å²) in [4.78, 5) is 11.2. The Morgan fingerprint density at radius 2 is 1.81 bits per heavy atom. The lowest BCUT2D eigenvalue weighted by molar-refractivity contribution is -0.174. The van der Waals surface area contributed by atoms with E-state index in [9.17, 15) is 8.78 Å². The fraction of sp³-hybridized carbons (Fsp3) is 0.700. The van der Waals surface area contributed by atoms with Crippen molar-refractivity contribution >= 4 is 11.4 Å². The Balaban J connectivity index is 1.47. The molecule has 6 rings (SSSR count).